The van der Waals surface area contributed by atoms with Crippen molar-refractivity contribution < 1.29 is 28.7 Å². The van der Waals surface area contributed by atoms with Gasteiger partial charge in [0, 0.05) is 12.1 Å². The van der Waals surface area contributed by atoms with Gasteiger partial charge in [-0.3, -0.25) is 14.4 Å². The second-order valence-electron chi connectivity index (χ2n) is 7.12. The van der Waals surface area contributed by atoms with Crippen LogP contribution in [0, 0.1) is 0 Å². The lowest BCUT2D eigenvalue weighted by Gasteiger charge is -2.14. The van der Waals surface area contributed by atoms with Gasteiger partial charge < -0.3 is 20.1 Å². The molecule has 0 radical (unpaired) electrons. The average Bonchev–Trinajstić information content (AvgIpc) is 2.80. The summed E-state index contributed by atoms with van der Waals surface area (Å²) in [5.41, 5.74) is 1.82. The maximum atomic E-state index is 12.0. The Morgan fingerprint density at radius 2 is 1.56 bits per heavy atom. The highest BCUT2D eigenvalue weighted by Gasteiger charge is 2.13. The molecule has 2 aromatic carbocycles. The number of benzene rings is 2. The van der Waals surface area contributed by atoms with Crippen LogP contribution < -0.4 is 10.6 Å². The number of amides is 2. The van der Waals surface area contributed by atoms with Crippen LogP contribution in [-0.2, 0) is 23.9 Å². The summed E-state index contributed by atoms with van der Waals surface area (Å²) in [6.45, 7) is 3.68. The zero-order valence-corrected chi connectivity index (χ0v) is 18.3. The van der Waals surface area contributed by atoms with Crippen molar-refractivity contribution in [3.8, 4) is 0 Å². The maximum absolute atomic E-state index is 12.0. The molecule has 0 heterocycles. The highest BCUT2D eigenvalue weighted by atomic mass is 16.5. The highest BCUT2D eigenvalue weighted by Crippen LogP contribution is 2.12. The first kappa shape index (κ1) is 24.6. The second-order valence-corrected chi connectivity index (χ2v) is 7.12. The predicted octanol–water partition coefficient (Wildman–Crippen LogP) is 3.39. The van der Waals surface area contributed by atoms with Crippen molar-refractivity contribution in [3.05, 3.63) is 65.7 Å². The molecule has 0 bridgehead atoms. The number of nitrogens with one attached hydrogen (secondary N) is 2. The van der Waals surface area contributed by atoms with Crippen molar-refractivity contribution in [3.63, 3.8) is 0 Å². The Hall–Kier alpha value is -3.68. The summed E-state index contributed by atoms with van der Waals surface area (Å²) < 4.78 is 9.97. The van der Waals surface area contributed by atoms with E-state index < -0.39 is 24.5 Å². The van der Waals surface area contributed by atoms with Gasteiger partial charge in [-0.2, -0.15) is 0 Å². The van der Waals surface area contributed by atoms with Gasteiger partial charge in [0.05, 0.1) is 24.6 Å². The number of ether oxygens (including phenoxy) is 2. The van der Waals surface area contributed by atoms with Gasteiger partial charge in [0.25, 0.3) is 5.91 Å². The summed E-state index contributed by atoms with van der Waals surface area (Å²) in [7, 11) is 0. The predicted molar refractivity (Wildman–Crippen MR) is 119 cm³/mol. The molecule has 2 amide bonds. The number of esters is 2. The first-order valence-electron chi connectivity index (χ1n) is 10.5. The van der Waals surface area contributed by atoms with E-state index in [-0.39, 0.29) is 24.8 Å². The van der Waals surface area contributed by atoms with E-state index in [1.807, 2.05) is 44.2 Å². The monoisotopic (exact) mass is 440 g/mol. The fourth-order valence-electron chi connectivity index (χ4n) is 2.73. The summed E-state index contributed by atoms with van der Waals surface area (Å²) >= 11 is 0. The van der Waals surface area contributed by atoms with Crippen LogP contribution in [0.15, 0.2) is 54.6 Å². The van der Waals surface area contributed by atoms with Crippen LogP contribution in [0.5, 0.6) is 0 Å². The summed E-state index contributed by atoms with van der Waals surface area (Å²) in [6.07, 6.45) is 0.482. The molecule has 2 aromatic rings. The molecule has 2 rings (SSSR count). The molecule has 0 fully saturated rings. The smallest absolute Gasteiger partial charge is 0.338 e. The van der Waals surface area contributed by atoms with Crippen molar-refractivity contribution in [1.82, 2.24) is 5.32 Å². The molecule has 1 atom stereocenters. The van der Waals surface area contributed by atoms with E-state index in [2.05, 4.69) is 10.6 Å². The van der Waals surface area contributed by atoms with Crippen LogP contribution in [0.1, 0.15) is 55.1 Å². The molecule has 0 saturated carbocycles. The molecule has 0 saturated heterocycles. The topological polar surface area (TPSA) is 111 Å². The minimum Gasteiger partial charge on any atom is -0.462 e. The number of hydrogen-bond donors (Lipinski definition) is 2. The van der Waals surface area contributed by atoms with Gasteiger partial charge in [0.1, 0.15) is 0 Å². The lowest BCUT2D eigenvalue weighted by atomic mass is 10.1. The zero-order chi connectivity index (χ0) is 23.3. The van der Waals surface area contributed by atoms with E-state index in [1.54, 1.807) is 24.3 Å². The van der Waals surface area contributed by atoms with E-state index in [0.717, 1.165) is 12.0 Å². The van der Waals surface area contributed by atoms with E-state index in [9.17, 15) is 19.2 Å². The van der Waals surface area contributed by atoms with E-state index in [1.165, 1.54) is 0 Å². The Morgan fingerprint density at radius 3 is 2.22 bits per heavy atom. The Kier molecular flexibility index (Phi) is 9.90. The Balaban J connectivity index is 1.67. The number of anilines is 1. The summed E-state index contributed by atoms with van der Waals surface area (Å²) in [5, 5.41) is 5.38. The first-order chi connectivity index (χ1) is 15.4. The molecule has 8 nitrogen and oxygen atoms in total. The SMILES string of the molecule is CCCOC(=O)c1ccc(NC(=O)CCC(=O)OCC(=O)N[C@H](C)c2ccccc2)cc1. The standard InChI is InChI=1S/C24H28N2O6/c1-3-15-31-24(30)19-9-11-20(12-10-19)26-21(27)13-14-23(29)32-16-22(28)25-17(2)18-7-5-4-6-8-18/h4-12,17H,3,13-16H2,1-2H3,(H,25,28)(H,26,27)/t17-/m1/s1. The van der Waals surface area contributed by atoms with E-state index >= 15 is 0 Å². The fraction of sp³-hybridized carbons (Fsp3) is 0.333. The largest absolute Gasteiger partial charge is 0.462 e. The number of carbonyl (C=O) groups excluding carboxylic acids is 4. The molecule has 0 unspecified atom stereocenters. The molecule has 32 heavy (non-hydrogen) atoms. The summed E-state index contributed by atoms with van der Waals surface area (Å²) in [4.78, 5) is 47.6. The molecule has 0 aliphatic rings. The van der Waals surface area contributed by atoms with Crippen LogP contribution in [0.25, 0.3) is 0 Å². The molecule has 8 heteroatoms. The van der Waals surface area contributed by atoms with Crippen LogP contribution in [-0.4, -0.2) is 37.0 Å². The quantitative estimate of drug-likeness (QED) is 0.518. The van der Waals surface area contributed by atoms with Gasteiger partial charge >= 0.3 is 11.9 Å². The van der Waals surface area contributed by atoms with Crippen LogP contribution in [0.2, 0.25) is 0 Å². The molecular formula is C24H28N2O6. The molecule has 0 spiro atoms. The van der Waals surface area contributed by atoms with Gasteiger partial charge in [-0.1, -0.05) is 37.3 Å². The van der Waals surface area contributed by atoms with Gasteiger partial charge in [-0.05, 0) is 43.2 Å². The number of carbonyl (C=O) groups is 4. The van der Waals surface area contributed by atoms with Crippen LogP contribution >= 0.6 is 0 Å². The van der Waals surface area contributed by atoms with Gasteiger partial charge in [0.15, 0.2) is 6.61 Å². The Labute approximate surface area is 187 Å². The summed E-state index contributed by atoms with van der Waals surface area (Å²) in [6, 6.07) is 15.5. The maximum Gasteiger partial charge on any atom is 0.338 e. The van der Waals surface area contributed by atoms with E-state index in [0.29, 0.717) is 17.9 Å². The third kappa shape index (κ3) is 8.59. The molecule has 0 aliphatic heterocycles. The average molecular weight is 440 g/mol. The second kappa shape index (κ2) is 12.9. The van der Waals surface area contributed by atoms with Crippen LogP contribution in [0.3, 0.4) is 0 Å². The van der Waals surface area contributed by atoms with Crippen LogP contribution in [0.4, 0.5) is 5.69 Å². The highest BCUT2D eigenvalue weighted by molar-refractivity contribution is 5.94. The molecule has 0 aromatic heterocycles. The van der Waals surface area contributed by atoms with Crippen molar-refractivity contribution in [2.24, 2.45) is 0 Å². The Bertz CT molecular complexity index is 912. The third-order valence-electron chi connectivity index (χ3n) is 4.44. The Morgan fingerprint density at radius 1 is 0.875 bits per heavy atom. The molecule has 0 aliphatic carbocycles. The van der Waals surface area contributed by atoms with Gasteiger partial charge in [0.2, 0.25) is 5.91 Å². The van der Waals surface area contributed by atoms with Crippen molar-refractivity contribution in [2.45, 2.75) is 39.2 Å². The lowest BCUT2D eigenvalue weighted by molar-refractivity contribution is -0.149. The van der Waals surface area contributed by atoms with E-state index in [4.69, 9.17) is 9.47 Å². The summed E-state index contributed by atoms with van der Waals surface area (Å²) in [5.74, 6) is -1.87. The fourth-order valence-corrected chi connectivity index (χ4v) is 2.73. The van der Waals surface area contributed by atoms with Crippen molar-refractivity contribution in [2.75, 3.05) is 18.5 Å². The normalized spacial score (nSPS) is 11.2. The van der Waals surface area contributed by atoms with Crippen molar-refractivity contribution in [1.29, 1.82) is 0 Å². The zero-order valence-electron chi connectivity index (χ0n) is 18.3. The van der Waals surface area contributed by atoms with Gasteiger partial charge in [-0.15, -0.1) is 0 Å². The molecule has 2 N–H and O–H groups in total. The first-order valence-corrected chi connectivity index (χ1v) is 10.5. The minimum absolute atomic E-state index is 0.0961. The molecule has 170 valence electrons. The van der Waals surface area contributed by atoms with Gasteiger partial charge in [-0.25, -0.2) is 4.79 Å². The van der Waals surface area contributed by atoms with Crippen molar-refractivity contribution >= 4 is 29.4 Å². The minimum atomic E-state index is -0.642. The number of rotatable bonds is 11. The lowest BCUT2D eigenvalue weighted by Crippen LogP contribution is -2.31. The third-order valence-corrected chi connectivity index (χ3v) is 4.44. The number of hydrogen-bond acceptors (Lipinski definition) is 6. The molecular weight excluding hydrogens is 412 g/mol.